The van der Waals surface area contributed by atoms with Crippen molar-refractivity contribution in [3.05, 3.63) is 23.9 Å². The zero-order chi connectivity index (χ0) is 28.1. The monoisotopic (exact) mass is 549 g/mol. The third-order valence-corrected chi connectivity index (χ3v) is 12.5. The lowest BCUT2D eigenvalue weighted by atomic mass is 9.47. The number of carbonyl (C=O) groups is 1. The van der Waals surface area contributed by atoms with Crippen molar-refractivity contribution in [3.63, 3.8) is 0 Å². The van der Waals surface area contributed by atoms with Crippen LogP contribution < -0.4 is 10.2 Å². The van der Waals surface area contributed by atoms with Gasteiger partial charge in [-0.25, -0.2) is 4.98 Å². The predicted octanol–water partition coefficient (Wildman–Crippen LogP) is 5.52. The minimum absolute atomic E-state index is 0.127. The van der Waals surface area contributed by atoms with E-state index in [1.807, 2.05) is 13.1 Å². The van der Waals surface area contributed by atoms with Crippen LogP contribution in [0.3, 0.4) is 0 Å². The first-order valence-corrected chi connectivity index (χ1v) is 16.1. The number of anilines is 2. The Hall–Kier alpha value is -2.15. The fourth-order valence-electron chi connectivity index (χ4n) is 10.2. The Morgan fingerprint density at radius 1 is 1.12 bits per heavy atom. The predicted molar refractivity (Wildman–Crippen MR) is 160 cm³/mol. The van der Waals surface area contributed by atoms with Crippen LogP contribution in [0, 0.1) is 40.4 Å². The van der Waals surface area contributed by atoms with E-state index in [1.165, 1.54) is 32.1 Å². The molecule has 2 heterocycles. The highest BCUT2D eigenvalue weighted by Crippen LogP contribution is 2.67. The van der Waals surface area contributed by atoms with Crippen LogP contribution in [0.1, 0.15) is 85.0 Å². The van der Waals surface area contributed by atoms with Gasteiger partial charge >= 0.3 is 0 Å². The molecule has 1 saturated heterocycles. The van der Waals surface area contributed by atoms with Crippen molar-refractivity contribution in [2.24, 2.45) is 40.4 Å². The maximum Gasteiger partial charge on any atom is 0.224 e. The topological polar surface area (TPSA) is 81.6 Å². The molecule has 7 heteroatoms. The molecule has 3 saturated carbocycles. The summed E-state index contributed by atoms with van der Waals surface area (Å²) in [6, 6.07) is 1.95. The van der Waals surface area contributed by atoms with Gasteiger partial charge in [0, 0.05) is 45.8 Å². The number of allylic oxidation sites excluding steroid dienone is 1. The number of carbonyl (C=O) groups excluding carboxylic acids is 1. The quantitative estimate of drug-likeness (QED) is 0.455. The minimum Gasteiger partial charge on any atom is -0.393 e. The van der Waals surface area contributed by atoms with Gasteiger partial charge in [0.25, 0.3) is 0 Å². The molecular formula is C33H51N5O2. The van der Waals surface area contributed by atoms with E-state index >= 15 is 0 Å². The second-order valence-electron chi connectivity index (χ2n) is 14.3. The highest BCUT2D eigenvalue weighted by atomic mass is 16.3. The summed E-state index contributed by atoms with van der Waals surface area (Å²) in [5, 5.41) is 13.3. The van der Waals surface area contributed by atoms with Gasteiger partial charge in [-0.2, -0.15) is 4.98 Å². The summed E-state index contributed by atoms with van der Waals surface area (Å²) in [4.78, 5) is 26.4. The standard InChI is InChI=1S/C33H51N5O2/c1-22(5-10-30(40)38-19-17-37(18-20-38)29-13-16-35-31(34-4)36-29)26-8-9-27-25-7-6-23-21-24(39)11-14-32(23,2)28(25)12-15-33(26,27)3/h6,13,16,22,24-28,39H,5,7-12,14-15,17-21H2,1-4H3,(H,34,35,36)/t22-,24+,25+,26-,27+,28+,32+,33-/m1/s1. The van der Waals surface area contributed by atoms with E-state index in [2.05, 4.69) is 51.9 Å². The van der Waals surface area contributed by atoms with Crippen molar-refractivity contribution < 1.29 is 9.90 Å². The lowest BCUT2D eigenvalue weighted by Gasteiger charge is -2.58. The Morgan fingerprint density at radius 2 is 1.93 bits per heavy atom. The van der Waals surface area contributed by atoms with E-state index in [-0.39, 0.29) is 6.10 Å². The number of hydrogen-bond acceptors (Lipinski definition) is 6. The van der Waals surface area contributed by atoms with Gasteiger partial charge in [-0.05, 0) is 104 Å². The maximum absolute atomic E-state index is 13.3. The van der Waals surface area contributed by atoms with E-state index in [0.717, 1.165) is 81.4 Å². The van der Waals surface area contributed by atoms with Crippen LogP contribution in [0.5, 0.6) is 0 Å². The van der Waals surface area contributed by atoms with Gasteiger partial charge in [-0.1, -0.05) is 32.4 Å². The molecule has 2 N–H and O–H groups in total. The molecule has 0 unspecified atom stereocenters. The summed E-state index contributed by atoms with van der Waals surface area (Å²) in [5.74, 6) is 5.62. The average molecular weight is 550 g/mol. The molecule has 1 amide bonds. The van der Waals surface area contributed by atoms with Gasteiger partial charge in [-0.3, -0.25) is 4.79 Å². The molecule has 7 nitrogen and oxygen atoms in total. The zero-order valence-corrected chi connectivity index (χ0v) is 25.2. The van der Waals surface area contributed by atoms with E-state index in [1.54, 1.807) is 11.8 Å². The van der Waals surface area contributed by atoms with Crippen LogP contribution in [0.25, 0.3) is 0 Å². The lowest BCUT2D eigenvalue weighted by molar-refractivity contribution is -0.132. The van der Waals surface area contributed by atoms with Gasteiger partial charge < -0.3 is 20.2 Å². The highest BCUT2D eigenvalue weighted by Gasteiger charge is 2.59. The lowest BCUT2D eigenvalue weighted by Crippen LogP contribution is -2.51. The van der Waals surface area contributed by atoms with Gasteiger partial charge in [0.05, 0.1) is 6.10 Å². The molecule has 5 aliphatic rings. The van der Waals surface area contributed by atoms with E-state index in [0.29, 0.717) is 35.0 Å². The average Bonchev–Trinajstić information content (AvgIpc) is 3.33. The van der Waals surface area contributed by atoms with E-state index in [4.69, 9.17) is 0 Å². The molecule has 1 aromatic rings. The van der Waals surface area contributed by atoms with Crippen molar-refractivity contribution in [1.82, 2.24) is 14.9 Å². The number of nitrogens with one attached hydrogen (secondary N) is 1. The number of fused-ring (bicyclic) bond motifs is 5. The van der Waals surface area contributed by atoms with Crippen molar-refractivity contribution in [3.8, 4) is 0 Å². The number of aliphatic hydroxyl groups is 1. The second-order valence-corrected chi connectivity index (χ2v) is 14.3. The molecule has 1 aromatic heterocycles. The van der Waals surface area contributed by atoms with E-state index < -0.39 is 0 Å². The summed E-state index contributed by atoms with van der Waals surface area (Å²) >= 11 is 0. The van der Waals surface area contributed by atoms with Gasteiger partial charge in [0.2, 0.25) is 11.9 Å². The van der Waals surface area contributed by atoms with Crippen LogP contribution in [-0.2, 0) is 4.79 Å². The molecule has 1 aliphatic heterocycles. The number of rotatable bonds is 6. The first-order valence-electron chi connectivity index (χ1n) is 16.1. The third kappa shape index (κ3) is 4.84. The fourth-order valence-corrected chi connectivity index (χ4v) is 10.2. The number of amides is 1. The van der Waals surface area contributed by atoms with Crippen molar-refractivity contribution in [2.45, 2.75) is 91.1 Å². The molecule has 220 valence electrons. The Kier molecular flexibility index (Phi) is 7.64. The second kappa shape index (κ2) is 10.9. The van der Waals surface area contributed by atoms with Crippen molar-refractivity contribution >= 4 is 17.7 Å². The summed E-state index contributed by atoms with van der Waals surface area (Å²) in [6.07, 6.45) is 15.5. The van der Waals surface area contributed by atoms with Gasteiger partial charge in [0.15, 0.2) is 0 Å². The molecule has 0 radical (unpaired) electrons. The number of aromatic nitrogens is 2. The number of hydrogen-bond donors (Lipinski definition) is 2. The Labute approximate surface area is 241 Å². The van der Waals surface area contributed by atoms with Crippen LogP contribution in [0.15, 0.2) is 23.9 Å². The van der Waals surface area contributed by atoms with Crippen molar-refractivity contribution in [2.75, 3.05) is 43.4 Å². The molecule has 8 atom stereocenters. The molecule has 4 fully saturated rings. The van der Waals surface area contributed by atoms with Gasteiger partial charge in [0.1, 0.15) is 5.82 Å². The van der Waals surface area contributed by atoms with Crippen LogP contribution in [0.2, 0.25) is 0 Å². The summed E-state index contributed by atoms with van der Waals surface area (Å²) < 4.78 is 0. The van der Waals surface area contributed by atoms with Crippen LogP contribution in [-0.4, -0.2) is 65.2 Å². The molecular weight excluding hydrogens is 498 g/mol. The summed E-state index contributed by atoms with van der Waals surface area (Å²) in [6.45, 7) is 10.8. The molecule has 6 rings (SSSR count). The fraction of sp³-hybridized carbons (Fsp3) is 0.788. The van der Waals surface area contributed by atoms with Crippen LogP contribution in [0.4, 0.5) is 11.8 Å². The van der Waals surface area contributed by atoms with Gasteiger partial charge in [-0.15, -0.1) is 0 Å². The summed E-state index contributed by atoms with van der Waals surface area (Å²) in [5.41, 5.74) is 2.29. The highest BCUT2D eigenvalue weighted by molar-refractivity contribution is 5.76. The Bertz CT molecular complexity index is 1120. The van der Waals surface area contributed by atoms with E-state index in [9.17, 15) is 9.90 Å². The Morgan fingerprint density at radius 3 is 2.70 bits per heavy atom. The first kappa shape index (κ1) is 28.0. The zero-order valence-electron chi connectivity index (χ0n) is 25.2. The maximum atomic E-state index is 13.3. The normalized spacial score (nSPS) is 38.1. The molecule has 40 heavy (non-hydrogen) atoms. The largest absolute Gasteiger partial charge is 0.393 e. The molecule has 0 spiro atoms. The van der Waals surface area contributed by atoms with Crippen LogP contribution >= 0.6 is 0 Å². The summed E-state index contributed by atoms with van der Waals surface area (Å²) in [7, 11) is 1.83. The number of piperazine rings is 1. The van der Waals surface area contributed by atoms with Crippen molar-refractivity contribution in [1.29, 1.82) is 0 Å². The number of nitrogens with zero attached hydrogens (tertiary/aromatic N) is 4. The Balaban J connectivity index is 1.03. The molecule has 0 bridgehead atoms. The molecule has 4 aliphatic carbocycles. The minimum atomic E-state index is -0.127. The first-order chi connectivity index (χ1) is 19.2. The molecule has 0 aromatic carbocycles. The smallest absolute Gasteiger partial charge is 0.224 e. The number of aliphatic hydroxyl groups excluding tert-OH is 1. The SMILES string of the molecule is CNc1nccc(N2CCN(C(=O)CC[C@@H](C)[C@H]3CC[C@H]4[C@@H]5CC=C6C[C@@H](O)CC[C@]6(C)[C@H]5CC[C@]34C)CC2)n1. The third-order valence-electron chi connectivity index (χ3n) is 12.5.